The Bertz CT molecular complexity index is 607. The van der Waals surface area contributed by atoms with E-state index in [0.29, 0.717) is 17.5 Å². The number of hydrogen-bond acceptors (Lipinski definition) is 3. The second-order valence-corrected chi connectivity index (χ2v) is 3.82. The number of aromatic nitrogens is 1. The van der Waals surface area contributed by atoms with E-state index in [-0.39, 0.29) is 5.91 Å². The predicted octanol–water partition coefficient (Wildman–Crippen LogP) is 2.55. The summed E-state index contributed by atoms with van der Waals surface area (Å²) in [7, 11) is 0. The highest BCUT2D eigenvalue weighted by atomic mass is 16.1. The Morgan fingerprint density at radius 1 is 1.21 bits per heavy atom. The van der Waals surface area contributed by atoms with Crippen LogP contribution in [0.5, 0.6) is 0 Å². The third-order valence-electron chi connectivity index (χ3n) is 2.44. The lowest BCUT2D eigenvalue weighted by molar-refractivity contribution is -0.104. The Morgan fingerprint density at radius 2 is 2.11 bits per heavy atom. The van der Waals surface area contributed by atoms with E-state index in [9.17, 15) is 9.59 Å². The molecule has 0 unspecified atom stereocenters. The van der Waals surface area contributed by atoms with Gasteiger partial charge in [0.2, 0.25) is 0 Å². The molecule has 0 saturated carbocycles. The summed E-state index contributed by atoms with van der Waals surface area (Å²) >= 11 is 0. The van der Waals surface area contributed by atoms with Crippen LogP contribution in [0.25, 0.3) is 6.08 Å². The molecule has 4 heteroatoms. The van der Waals surface area contributed by atoms with Crippen LogP contribution in [0.2, 0.25) is 0 Å². The minimum absolute atomic E-state index is 0.214. The van der Waals surface area contributed by atoms with Crippen molar-refractivity contribution in [3.8, 4) is 0 Å². The molecule has 1 N–H and O–H groups in total. The molecule has 0 bridgehead atoms. The van der Waals surface area contributed by atoms with Crippen molar-refractivity contribution in [3.63, 3.8) is 0 Å². The molecule has 0 saturated heterocycles. The third kappa shape index (κ3) is 3.61. The van der Waals surface area contributed by atoms with Gasteiger partial charge in [-0.1, -0.05) is 18.2 Å². The van der Waals surface area contributed by atoms with Gasteiger partial charge in [0.15, 0.2) is 0 Å². The van der Waals surface area contributed by atoms with Crippen molar-refractivity contribution in [3.05, 3.63) is 66.0 Å². The molecular formula is C15H12N2O2. The number of nitrogens with one attached hydrogen (secondary N) is 1. The molecule has 1 amide bonds. The average molecular weight is 252 g/mol. The van der Waals surface area contributed by atoms with E-state index < -0.39 is 0 Å². The zero-order valence-corrected chi connectivity index (χ0v) is 10.1. The maximum Gasteiger partial charge on any atom is 0.255 e. The van der Waals surface area contributed by atoms with Gasteiger partial charge in [0.25, 0.3) is 5.91 Å². The predicted molar refractivity (Wildman–Crippen MR) is 73.7 cm³/mol. The van der Waals surface area contributed by atoms with Gasteiger partial charge in [-0.2, -0.15) is 0 Å². The van der Waals surface area contributed by atoms with E-state index in [1.165, 1.54) is 6.08 Å². The summed E-state index contributed by atoms with van der Waals surface area (Å²) in [5, 5.41) is 2.75. The number of amides is 1. The van der Waals surface area contributed by atoms with Crippen molar-refractivity contribution in [2.24, 2.45) is 0 Å². The Morgan fingerprint density at radius 3 is 2.84 bits per heavy atom. The molecule has 94 valence electrons. The molecule has 0 aliphatic rings. The fourth-order valence-corrected chi connectivity index (χ4v) is 1.57. The maximum absolute atomic E-state index is 12.0. The van der Waals surface area contributed by atoms with Gasteiger partial charge in [-0.3, -0.25) is 14.6 Å². The van der Waals surface area contributed by atoms with Crippen LogP contribution < -0.4 is 5.32 Å². The first kappa shape index (κ1) is 12.7. The highest BCUT2D eigenvalue weighted by Gasteiger charge is 2.05. The first-order chi connectivity index (χ1) is 9.29. The lowest BCUT2D eigenvalue weighted by Gasteiger charge is -2.05. The molecule has 1 aromatic heterocycles. The highest BCUT2D eigenvalue weighted by molar-refractivity contribution is 6.04. The van der Waals surface area contributed by atoms with Gasteiger partial charge in [-0.15, -0.1) is 0 Å². The first-order valence-electron chi connectivity index (χ1n) is 5.73. The molecule has 0 aliphatic heterocycles. The number of benzene rings is 1. The van der Waals surface area contributed by atoms with E-state index in [1.54, 1.807) is 48.8 Å². The molecular weight excluding hydrogens is 240 g/mol. The summed E-state index contributed by atoms with van der Waals surface area (Å²) in [4.78, 5) is 26.2. The van der Waals surface area contributed by atoms with Crippen molar-refractivity contribution < 1.29 is 9.59 Å². The topological polar surface area (TPSA) is 59.1 Å². The van der Waals surface area contributed by atoms with Gasteiger partial charge in [0, 0.05) is 11.8 Å². The number of aldehydes is 1. The number of nitrogens with zero attached hydrogens (tertiary/aromatic N) is 1. The number of carbonyl (C=O) groups excluding carboxylic acids is 2. The number of rotatable bonds is 4. The molecule has 2 aromatic rings. The normalized spacial score (nSPS) is 10.3. The average Bonchev–Trinajstić information content (AvgIpc) is 2.46. The standard InChI is InChI=1S/C15H12N2O2/c18-9-3-5-12-4-1-6-13(10-12)15(19)17-14-7-2-8-16-11-14/h1-11H,(H,17,19)/b5-3+. The van der Waals surface area contributed by atoms with E-state index in [4.69, 9.17) is 0 Å². The summed E-state index contributed by atoms with van der Waals surface area (Å²) in [6.45, 7) is 0. The first-order valence-corrected chi connectivity index (χ1v) is 5.73. The van der Waals surface area contributed by atoms with E-state index in [1.807, 2.05) is 6.07 Å². The van der Waals surface area contributed by atoms with Crippen molar-refractivity contribution in [1.82, 2.24) is 4.98 Å². The van der Waals surface area contributed by atoms with E-state index >= 15 is 0 Å². The van der Waals surface area contributed by atoms with Crippen molar-refractivity contribution >= 4 is 24.0 Å². The van der Waals surface area contributed by atoms with Gasteiger partial charge in [-0.25, -0.2) is 0 Å². The van der Waals surface area contributed by atoms with Crippen LogP contribution in [0.15, 0.2) is 54.9 Å². The molecule has 19 heavy (non-hydrogen) atoms. The largest absolute Gasteiger partial charge is 0.321 e. The lowest BCUT2D eigenvalue weighted by atomic mass is 10.1. The van der Waals surface area contributed by atoms with Gasteiger partial charge < -0.3 is 5.32 Å². The molecule has 0 radical (unpaired) electrons. The molecule has 0 spiro atoms. The number of hydrogen-bond donors (Lipinski definition) is 1. The summed E-state index contributed by atoms with van der Waals surface area (Å²) in [5.74, 6) is -0.214. The molecule has 1 aromatic carbocycles. The zero-order valence-electron chi connectivity index (χ0n) is 10.1. The minimum Gasteiger partial charge on any atom is -0.321 e. The highest BCUT2D eigenvalue weighted by Crippen LogP contribution is 2.10. The summed E-state index contributed by atoms with van der Waals surface area (Å²) < 4.78 is 0. The quantitative estimate of drug-likeness (QED) is 0.672. The fraction of sp³-hybridized carbons (Fsp3) is 0. The number of anilines is 1. The molecule has 2 rings (SSSR count). The second-order valence-electron chi connectivity index (χ2n) is 3.82. The van der Waals surface area contributed by atoms with Crippen LogP contribution in [0.1, 0.15) is 15.9 Å². The summed E-state index contributed by atoms with van der Waals surface area (Å²) in [5.41, 5.74) is 1.96. The van der Waals surface area contributed by atoms with Gasteiger partial charge in [-0.05, 0) is 35.9 Å². The Kier molecular flexibility index (Phi) is 4.18. The minimum atomic E-state index is -0.214. The Hall–Kier alpha value is -2.75. The number of allylic oxidation sites excluding steroid dienone is 1. The van der Waals surface area contributed by atoms with Crippen LogP contribution in [0.3, 0.4) is 0 Å². The zero-order chi connectivity index (χ0) is 13.5. The number of pyridine rings is 1. The van der Waals surface area contributed by atoms with Crippen LogP contribution >= 0.6 is 0 Å². The van der Waals surface area contributed by atoms with Gasteiger partial charge >= 0.3 is 0 Å². The smallest absolute Gasteiger partial charge is 0.255 e. The molecule has 0 aliphatic carbocycles. The van der Waals surface area contributed by atoms with Crippen LogP contribution in [0.4, 0.5) is 5.69 Å². The SMILES string of the molecule is O=C/C=C/c1cccc(C(=O)Nc2cccnc2)c1. The van der Waals surface area contributed by atoms with Crippen LogP contribution in [-0.4, -0.2) is 17.2 Å². The summed E-state index contributed by atoms with van der Waals surface area (Å²) in [6, 6.07) is 10.5. The monoisotopic (exact) mass is 252 g/mol. The Balaban J connectivity index is 2.15. The molecule has 0 fully saturated rings. The lowest BCUT2D eigenvalue weighted by Crippen LogP contribution is -2.11. The van der Waals surface area contributed by atoms with E-state index in [2.05, 4.69) is 10.3 Å². The molecule has 4 nitrogen and oxygen atoms in total. The van der Waals surface area contributed by atoms with E-state index in [0.717, 1.165) is 5.56 Å². The molecule has 0 atom stereocenters. The summed E-state index contributed by atoms with van der Waals surface area (Å²) in [6.07, 6.45) is 6.95. The van der Waals surface area contributed by atoms with Crippen LogP contribution in [0, 0.1) is 0 Å². The second kappa shape index (κ2) is 6.26. The van der Waals surface area contributed by atoms with Crippen molar-refractivity contribution in [1.29, 1.82) is 0 Å². The van der Waals surface area contributed by atoms with Crippen molar-refractivity contribution in [2.45, 2.75) is 0 Å². The van der Waals surface area contributed by atoms with Crippen molar-refractivity contribution in [2.75, 3.05) is 5.32 Å². The fourth-order valence-electron chi connectivity index (χ4n) is 1.57. The van der Waals surface area contributed by atoms with Gasteiger partial charge in [0.05, 0.1) is 11.9 Å². The molecule has 1 heterocycles. The van der Waals surface area contributed by atoms with Crippen LogP contribution in [-0.2, 0) is 4.79 Å². The van der Waals surface area contributed by atoms with Gasteiger partial charge in [0.1, 0.15) is 6.29 Å². The third-order valence-corrected chi connectivity index (χ3v) is 2.44. The Labute approximate surface area is 110 Å². The number of carbonyl (C=O) groups is 2. The maximum atomic E-state index is 12.0.